The maximum absolute atomic E-state index is 12.7. The molecule has 1 N–H and O–H groups in total. The number of hydrogen-bond acceptors (Lipinski definition) is 3. The summed E-state index contributed by atoms with van der Waals surface area (Å²) in [6, 6.07) is 15.1. The van der Waals surface area contributed by atoms with Gasteiger partial charge in [-0.3, -0.25) is 4.57 Å². The summed E-state index contributed by atoms with van der Waals surface area (Å²) in [7, 11) is -3.01. The third-order valence-electron chi connectivity index (χ3n) is 3.38. The van der Waals surface area contributed by atoms with E-state index in [-0.39, 0.29) is 6.10 Å². The highest BCUT2D eigenvalue weighted by molar-refractivity contribution is 7.60. The van der Waals surface area contributed by atoms with E-state index in [0.29, 0.717) is 11.7 Å². The summed E-state index contributed by atoms with van der Waals surface area (Å²) < 4.78 is 23.9. The van der Waals surface area contributed by atoms with Crippen molar-refractivity contribution in [2.75, 3.05) is 11.8 Å². The lowest BCUT2D eigenvalue weighted by Gasteiger charge is -2.18. The maximum atomic E-state index is 12.7. The van der Waals surface area contributed by atoms with E-state index in [9.17, 15) is 4.57 Å². The lowest BCUT2D eigenvalue weighted by atomic mass is 10.0. The maximum Gasteiger partial charge on any atom is 0.338 e. The standard InChI is InChI=1S/C19H26NO3P/c1-14(2)16-6-10-19(11-7-16)23-24(5,21)20-17-8-12-18(13-9-17)22-15(3)4/h6-15H,1-5H3,(H,20,21)/t24-/m1/s1. The van der Waals surface area contributed by atoms with E-state index in [1.165, 1.54) is 5.56 Å². The van der Waals surface area contributed by atoms with Crippen LogP contribution in [0.4, 0.5) is 5.69 Å². The number of hydrogen-bond donors (Lipinski definition) is 1. The molecule has 0 heterocycles. The molecule has 0 unspecified atom stereocenters. The summed E-state index contributed by atoms with van der Waals surface area (Å²) in [5.74, 6) is 1.83. The first-order valence-corrected chi connectivity index (χ1v) is 10.2. The fourth-order valence-electron chi connectivity index (χ4n) is 2.25. The molecule has 0 aliphatic rings. The van der Waals surface area contributed by atoms with Crippen LogP contribution in [0.5, 0.6) is 11.5 Å². The van der Waals surface area contributed by atoms with E-state index in [1.54, 1.807) is 6.66 Å². The van der Waals surface area contributed by atoms with Crippen molar-refractivity contribution in [1.29, 1.82) is 0 Å². The van der Waals surface area contributed by atoms with Crippen molar-refractivity contribution in [3.05, 3.63) is 54.1 Å². The molecule has 0 saturated carbocycles. The summed E-state index contributed by atoms with van der Waals surface area (Å²) in [5.41, 5.74) is 1.96. The molecule has 0 amide bonds. The minimum Gasteiger partial charge on any atom is -0.491 e. The lowest BCUT2D eigenvalue weighted by Crippen LogP contribution is -2.06. The van der Waals surface area contributed by atoms with Crippen molar-refractivity contribution >= 4 is 13.2 Å². The molecule has 0 aromatic heterocycles. The summed E-state index contributed by atoms with van der Waals surface area (Å²) in [6.07, 6.45) is 0.123. The first-order valence-electron chi connectivity index (χ1n) is 8.17. The Labute approximate surface area is 144 Å². The van der Waals surface area contributed by atoms with Crippen LogP contribution in [0.3, 0.4) is 0 Å². The molecule has 0 fully saturated rings. The van der Waals surface area contributed by atoms with Gasteiger partial charge in [0.1, 0.15) is 11.5 Å². The molecular formula is C19H26NO3P. The van der Waals surface area contributed by atoms with Crippen LogP contribution in [-0.2, 0) is 4.57 Å². The number of nitrogens with one attached hydrogen (secondary N) is 1. The summed E-state index contributed by atoms with van der Waals surface area (Å²) in [5, 5.41) is 2.96. The molecule has 0 radical (unpaired) electrons. The van der Waals surface area contributed by atoms with Crippen LogP contribution in [0.2, 0.25) is 0 Å². The van der Waals surface area contributed by atoms with Gasteiger partial charge in [-0.1, -0.05) is 26.0 Å². The molecule has 5 heteroatoms. The molecule has 24 heavy (non-hydrogen) atoms. The smallest absolute Gasteiger partial charge is 0.338 e. The van der Waals surface area contributed by atoms with E-state index in [4.69, 9.17) is 9.26 Å². The molecule has 2 aromatic carbocycles. The van der Waals surface area contributed by atoms with Crippen LogP contribution in [0.1, 0.15) is 39.2 Å². The molecule has 0 saturated heterocycles. The van der Waals surface area contributed by atoms with E-state index >= 15 is 0 Å². The Kier molecular flexibility index (Phi) is 5.95. The molecular weight excluding hydrogens is 321 g/mol. The number of benzene rings is 2. The van der Waals surface area contributed by atoms with Gasteiger partial charge in [-0.2, -0.15) is 0 Å². The van der Waals surface area contributed by atoms with E-state index in [0.717, 1.165) is 11.4 Å². The van der Waals surface area contributed by atoms with E-state index < -0.39 is 7.52 Å². The van der Waals surface area contributed by atoms with Gasteiger partial charge >= 0.3 is 7.52 Å². The molecule has 0 spiro atoms. The second-order valence-electron chi connectivity index (χ2n) is 6.46. The SMILES string of the molecule is CC(C)Oc1ccc(N[P@](C)(=O)Oc2ccc(C(C)C)cc2)cc1. The van der Waals surface area contributed by atoms with Crippen molar-refractivity contribution in [2.24, 2.45) is 0 Å². The lowest BCUT2D eigenvalue weighted by molar-refractivity contribution is 0.242. The monoisotopic (exact) mass is 347 g/mol. The van der Waals surface area contributed by atoms with Gasteiger partial charge in [0.15, 0.2) is 0 Å². The summed E-state index contributed by atoms with van der Waals surface area (Å²) >= 11 is 0. The van der Waals surface area contributed by atoms with Crippen LogP contribution in [0.25, 0.3) is 0 Å². The average molecular weight is 347 g/mol. The van der Waals surface area contributed by atoms with Gasteiger partial charge in [0.2, 0.25) is 0 Å². The Hall–Kier alpha value is -1.93. The zero-order valence-corrected chi connectivity index (χ0v) is 15.8. The number of ether oxygens (including phenoxy) is 1. The van der Waals surface area contributed by atoms with Crippen LogP contribution in [0, 0.1) is 0 Å². The van der Waals surface area contributed by atoms with Gasteiger partial charge in [-0.05, 0) is 61.7 Å². The predicted molar refractivity (Wildman–Crippen MR) is 101 cm³/mol. The van der Waals surface area contributed by atoms with Gasteiger partial charge < -0.3 is 14.3 Å². The molecule has 130 valence electrons. The molecule has 2 rings (SSSR count). The van der Waals surface area contributed by atoms with Crippen LogP contribution < -0.4 is 14.3 Å². The van der Waals surface area contributed by atoms with Gasteiger partial charge in [0.05, 0.1) is 6.10 Å². The van der Waals surface area contributed by atoms with Gasteiger partial charge in [0, 0.05) is 12.4 Å². The normalized spacial score (nSPS) is 13.6. The molecule has 0 aliphatic carbocycles. The highest BCUT2D eigenvalue weighted by Crippen LogP contribution is 2.43. The number of anilines is 1. The molecule has 1 atom stereocenters. The van der Waals surface area contributed by atoms with Crippen LogP contribution in [0.15, 0.2) is 48.5 Å². The second kappa shape index (κ2) is 7.76. The third kappa shape index (κ3) is 5.61. The minimum absolute atomic E-state index is 0.123. The highest BCUT2D eigenvalue weighted by Gasteiger charge is 2.17. The summed E-state index contributed by atoms with van der Waals surface area (Å²) in [4.78, 5) is 0. The Bertz CT molecular complexity index is 694. The highest BCUT2D eigenvalue weighted by atomic mass is 31.2. The minimum atomic E-state index is -3.01. The Balaban J connectivity index is 2.01. The predicted octanol–water partition coefficient (Wildman–Crippen LogP) is 5.91. The van der Waals surface area contributed by atoms with Gasteiger partial charge in [-0.15, -0.1) is 0 Å². The zero-order chi connectivity index (χ0) is 17.7. The molecule has 0 aliphatic heterocycles. The van der Waals surface area contributed by atoms with Crippen molar-refractivity contribution in [3.63, 3.8) is 0 Å². The number of rotatable bonds is 7. The van der Waals surface area contributed by atoms with Gasteiger partial charge in [-0.25, -0.2) is 0 Å². The zero-order valence-electron chi connectivity index (χ0n) is 14.9. The topological polar surface area (TPSA) is 47.6 Å². The van der Waals surface area contributed by atoms with Gasteiger partial charge in [0.25, 0.3) is 0 Å². The third-order valence-corrected chi connectivity index (χ3v) is 4.61. The Morgan fingerprint density at radius 2 is 1.42 bits per heavy atom. The molecule has 0 bridgehead atoms. The molecule has 2 aromatic rings. The van der Waals surface area contributed by atoms with Crippen LogP contribution in [-0.4, -0.2) is 12.8 Å². The summed E-state index contributed by atoms with van der Waals surface area (Å²) in [6.45, 7) is 9.79. The fraction of sp³-hybridized carbons (Fsp3) is 0.368. The van der Waals surface area contributed by atoms with Crippen LogP contribution >= 0.6 is 7.52 Å². The fourth-order valence-corrected chi connectivity index (χ4v) is 3.44. The van der Waals surface area contributed by atoms with Crippen molar-refractivity contribution in [3.8, 4) is 11.5 Å². The van der Waals surface area contributed by atoms with E-state index in [2.05, 4.69) is 18.9 Å². The van der Waals surface area contributed by atoms with Crippen molar-refractivity contribution in [1.82, 2.24) is 0 Å². The first kappa shape index (κ1) is 18.4. The Morgan fingerprint density at radius 1 is 0.875 bits per heavy atom. The largest absolute Gasteiger partial charge is 0.491 e. The van der Waals surface area contributed by atoms with E-state index in [1.807, 2.05) is 62.4 Å². The van der Waals surface area contributed by atoms with Crippen molar-refractivity contribution < 1.29 is 13.8 Å². The molecule has 4 nitrogen and oxygen atoms in total. The van der Waals surface area contributed by atoms with Crippen molar-refractivity contribution in [2.45, 2.75) is 39.7 Å². The quantitative estimate of drug-likeness (QED) is 0.632. The average Bonchev–Trinajstić information content (AvgIpc) is 2.48. The Morgan fingerprint density at radius 3 is 1.92 bits per heavy atom. The first-order chi connectivity index (χ1) is 11.2. The second-order valence-corrected chi connectivity index (χ2v) is 8.56.